The minimum absolute atomic E-state index is 0.0412. The number of carbonyl (C=O) groups excluding carboxylic acids is 2. The van der Waals surface area contributed by atoms with E-state index >= 15 is 0 Å². The van der Waals surface area contributed by atoms with E-state index in [1.807, 2.05) is 59.5 Å². The summed E-state index contributed by atoms with van der Waals surface area (Å²) < 4.78 is 6.46. The van der Waals surface area contributed by atoms with Crippen LogP contribution in [0.4, 0.5) is 5.69 Å². The van der Waals surface area contributed by atoms with Crippen LogP contribution in [0.25, 0.3) is 10.9 Å². The molecule has 1 atom stereocenters. The number of para-hydroxylation sites is 1. The first-order chi connectivity index (χ1) is 15.0. The van der Waals surface area contributed by atoms with Gasteiger partial charge in [0.1, 0.15) is 11.4 Å². The lowest BCUT2D eigenvalue weighted by Gasteiger charge is -2.46. The quantitative estimate of drug-likeness (QED) is 0.683. The predicted molar refractivity (Wildman–Crippen MR) is 119 cm³/mol. The van der Waals surface area contributed by atoms with E-state index in [-0.39, 0.29) is 17.7 Å². The fourth-order valence-corrected chi connectivity index (χ4v) is 4.82. The number of benzene rings is 2. The molecule has 1 fully saturated rings. The van der Waals surface area contributed by atoms with Gasteiger partial charge < -0.3 is 15.0 Å². The van der Waals surface area contributed by atoms with Gasteiger partial charge in [0.15, 0.2) is 0 Å². The van der Waals surface area contributed by atoms with Gasteiger partial charge in [0.2, 0.25) is 11.8 Å². The lowest BCUT2D eigenvalue weighted by molar-refractivity contribution is -0.134. The van der Waals surface area contributed by atoms with Gasteiger partial charge >= 0.3 is 0 Å². The number of likely N-dealkylation sites (tertiary alicyclic amines) is 1. The number of nitrogens with one attached hydrogen (secondary N) is 1. The van der Waals surface area contributed by atoms with Crippen LogP contribution in [0.1, 0.15) is 37.7 Å². The molecule has 31 heavy (non-hydrogen) atoms. The van der Waals surface area contributed by atoms with Gasteiger partial charge in [0.25, 0.3) is 0 Å². The Morgan fingerprint density at radius 3 is 2.68 bits per heavy atom. The van der Waals surface area contributed by atoms with Crippen molar-refractivity contribution < 1.29 is 14.3 Å². The first-order valence-corrected chi connectivity index (χ1v) is 10.7. The third kappa shape index (κ3) is 3.63. The number of fused-ring (bicyclic) bond motifs is 2. The summed E-state index contributed by atoms with van der Waals surface area (Å²) >= 11 is 0. The van der Waals surface area contributed by atoms with Crippen molar-refractivity contribution in [2.45, 2.75) is 37.7 Å². The normalized spacial score (nSPS) is 19.5. The summed E-state index contributed by atoms with van der Waals surface area (Å²) in [6.45, 7) is 2.91. The van der Waals surface area contributed by atoms with Gasteiger partial charge in [-0.3, -0.25) is 14.6 Å². The number of amides is 2. The molecule has 2 amide bonds. The topological polar surface area (TPSA) is 71.5 Å². The van der Waals surface area contributed by atoms with Crippen LogP contribution in [-0.2, 0) is 9.59 Å². The highest BCUT2D eigenvalue weighted by Crippen LogP contribution is 2.45. The molecule has 5 rings (SSSR count). The second-order valence-electron chi connectivity index (χ2n) is 8.45. The summed E-state index contributed by atoms with van der Waals surface area (Å²) in [6, 6.07) is 17.4. The molecule has 1 N–H and O–H groups in total. The molecule has 6 nitrogen and oxygen atoms in total. The van der Waals surface area contributed by atoms with Crippen molar-refractivity contribution in [1.29, 1.82) is 0 Å². The minimum Gasteiger partial charge on any atom is -0.487 e. The molecule has 1 aromatic heterocycles. The number of anilines is 1. The number of piperidine rings is 1. The molecule has 3 aromatic rings. The largest absolute Gasteiger partial charge is 0.487 e. The van der Waals surface area contributed by atoms with Crippen LogP contribution in [0.2, 0.25) is 0 Å². The second-order valence-corrected chi connectivity index (χ2v) is 8.45. The van der Waals surface area contributed by atoms with E-state index in [2.05, 4.69) is 10.3 Å². The summed E-state index contributed by atoms with van der Waals surface area (Å²) in [6.07, 6.45) is 3.80. The van der Waals surface area contributed by atoms with Crippen LogP contribution in [0.15, 0.2) is 60.8 Å². The Morgan fingerprint density at radius 1 is 1.06 bits per heavy atom. The van der Waals surface area contributed by atoms with E-state index in [4.69, 9.17) is 4.74 Å². The maximum absolute atomic E-state index is 13.5. The van der Waals surface area contributed by atoms with E-state index in [1.54, 1.807) is 13.1 Å². The van der Waals surface area contributed by atoms with Crippen LogP contribution in [0.3, 0.4) is 0 Å². The maximum Gasteiger partial charge on any atom is 0.232 e. The van der Waals surface area contributed by atoms with Gasteiger partial charge in [0, 0.05) is 56.4 Å². The molecule has 0 bridgehead atoms. The zero-order chi connectivity index (χ0) is 21.4. The van der Waals surface area contributed by atoms with E-state index in [1.165, 1.54) is 0 Å². The highest BCUT2D eigenvalue weighted by molar-refractivity contribution is 6.03. The van der Waals surface area contributed by atoms with Crippen LogP contribution in [0.5, 0.6) is 5.75 Å². The molecular formula is C25H25N3O3. The molecule has 0 saturated carbocycles. The van der Waals surface area contributed by atoms with E-state index < -0.39 is 5.60 Å². The van der Waals surface area contributed by atoms with Crippen LogP contribution in [0, 0.1) is 0 Å². The fraction of sp³-hybridized carbons (Fsp3) is 0.320. The molecular weight excluding hydrogens is 390 g/mol. The Balaban J connectivity index is 1.44. The highest BCUT2D eigenvalue weighted by Gasteiger charge is 2.45. The number of hydrogen-bond donors (Lipinski definition) is 1. The SMILES string of the molecule is CC(=O)N1CCC2(CC1)CC(C(=O)Nc1cccc3ncccc13)c1ccccc1O2. The Morgan fingerprint density at radius 2 is 1.87 bits per heavy atom. The average Bonchev–Trinajstić information content (AvgIpc) is 2.79. The summed E-state index contributed by atoms with van der Waals surface area (Å²) in [5.74, 6) is 0.496. The molecule has 0 aliphatic carbocycles. The highest BCUT2D eigenvalue weighted by atomic mass is 16.5. The molecule has 2 aliphatic heterocycles. The van der Waals surface area contributed by atoms with Crippen molar-refractivity contribution in [2.75, 3.05) is 18.4 Å². The summed E-state index contributed by atoms with van der Waals surface area (Å²) in [4.78, 5) is 31.5. The van der Waals surface area contributed by atoms with Crippen molar-refractivity contribution in [2.24, 2.45) is 0 Å². The van der Waals surface area contributed by atoms with E-state index in [0.29, 0.717) is 19.5 Å². The zero-order valence-corrected chi connectivity index (χ0v) is 17.5. The van der Waals surface area contributed by atoms with Crippen LogP contribution >= 0.6 is 0 Å². The van der Waals surface area contributed by atoms with E-state index in [9.17, 15) is 9.59 Å². The fourth-order valence-electron chi connectivity index (χ4n) is 4.82. The third-order valence-corrected chi connectivity index (χ3v) is 6.54. The molecule has 1 unspecified atom stereocenters. The molecule has 2 aromatic carbocycles. The predicted octanol–water partition coefficient (Wildman–Crippen LogP) is 4.12. The monoisotopic (exact) mass is 415 g/mol. The minimum atomic E-state index is -0.428. The number of rotatable bonds is 2. The molecule has 1 spiro atoms. The molecule has 158 valence electrons. The number of carbonyl (C=O) groups is 2. The molecule has 3 heterocycles. The molecule has 0 radical (unpaired) electrons. The Bertz CT molecular complexity index is 1150. The number of aromatic nitrogens is 1. The average molecular weight is 415 g/mol. The smallest absolute Gasteiger partial charge is 0.232 e. The molecule has 2 aliphatic rings. The van der Waals surface area contributed by atoms with Crippen molar-refractivity contribution in [1.82, 2.24) is 9.88 Å². The maximum atomic E-state index is 13.5. The van der Waals surface area contributed by atoms with Crippen LogP contribution in [-0.4, -0.2) is 40.4 Å². The standard InChI is InChI=1S/C25H25N3O3/c1-17(29)28-14-11-25(12-15-28)16-20(18-6-2-3-10-23(18)31-25)24(30)27-22-9-4-8-21-19(22)7-5-13-26-21/h2-10,13,20H,11-12,14-16H2,1H3,(H,27,30). The van der Waals surface area contributed by atoms with Crippen molar-refractivity contribution in [3.05, 3.63) is 66.4 Å². The first kappa shape index (κ1) is 19.5. The van der Waals surface area contributed by atoms with E-state index in [0.717, 1.165) is 40.7 Å². The first-order valence-electron chi connectivity index (χ1n) is 10.7. The van der Waals surface area contributed by atoms with Gasteiger partial charge in [-0.05, 0) is 30.3 Å². The van der Waals surface area contributed by atoms with Crippen molar-refractivity contribution >= 4 is 28.4 Å². The zero-order valence-electron chi connectivity index (χ0n) is 17.5. The lowest BCUT2D eigenvalue weighted by atomic mass is 9.77. The van der Waals surface area contributed by atoms with Gasteiger partial charge in [-0.1, -0.05) is 24.3 Å². The summed E-state index contributed by atoms with van der Waals surface area (Å²) in [5.41, 5.74) is 2.10. The lowest BCUT2D eigenvalue weighted by Crippen LogP contribution is -2.52. The molecule has 1 saturated heterocycles. The number of hydrogen-bond acceptors (Lipinski definition) is 4. The summed E-state index contributed by atoms with van der Waals surface area (Å²) in [5, 5.41) is 4.07. The van der Waals surface area contributed by atoms with Gasteiger partial charge in [0.05, 0.1) is 17.1 Å². The van der Waals surface area contributed by atoms with Crippen molar-refractivity contribution in [3.63, 3.8) is 0 Å². The second kappa shape index (κ2) is 7.69. The molecule has 6 heteroatoms. The van der Waals surface area contributed by atoms with Gasteiger partial charge in [-0.25, -0.2) is 0 Å². The van der Waals surface area contributed by atoms with Gasteiger partial charge in [-0.15, -0.1) is 0 Å². The number of pyridine rings is 1. The Labute approximate surface area is 181 Å². The Hall–Kier alpha value is -3.41. The third-order valence-electron chi connectivity index (χ3n) is 6.54. The van der Waals surface area contributed by atoms with Crippen molar-refractivity contribution in [3.8, 4) is 5.75 Å². The number of nitrogens with zero attached hydrogens (tertiary/aromatic N) is 2. The van der Waals surface area contributed by atoms with Crippen LogP contribution < -0.4 is 10.1 Å². The van der Waals surface area contributed by atoms with Gasteiger partial charge in [-0.2, -0.15) is 0 Å². The summed E-state index contributed by atoms with van der Waals surface area (Å²) in [7, 11) is 0. The number of ether oxygens (including phenoxy) is 1. The Kier molecular flexibility index (Phi) is 4.85.